The summed E-state index contributed by atoms with van der Waals surface area (Å²) in [6.45, 7) is 2.61. The van der Waals surface area contributed by atoms with Crippen molar-refractivity contribution < 1.29 is 9.84 Å². The Labute approximate surface area is 133 Å². The molecule has 0 radical (unpaired) electrons. The average Bonchev–Trinajstić information content (AvgIpc) is 2.53. The van der Waals surface area contributed by atoms with Crippen LogP contribution < -0.4 is 5.56 Å². The van der Waals surface area contributed by atoms with Crippen LogP contribution in [0.3, 0.4) is 0 Å². The van der Waals surface area contributed by atoms with Crippen LogP contribution in [0.15, 0.2) is 17.2 Å². The molecule has 0 aromatic carbocycles. The first-order valence-corrected chi connectivity index (χ1v) is 8.52. The van der Waals surface area contributed by atoms with Gasteiger partial charge in [-0.25, -0.2) is 0 Å². The molecular formula is C17H30N2O3. The molecule has 1 heterocycles. The van der Waals surface area contributed by atoms with Gasteiger partial charge in [-0.15, -0.1) is 0 Å². The predicted octanol–water partition coefficient (Wildman–Crippen LogP) is 2.89. The first-order valence-electron chi connectivity index (χ1n) is 8.52. The van der Waals surface area contributed by atoms with Gasteiger partial charge in [0, 0.05) is 12.4 Å². The number of ether oxygens (including phenoxy) is 1. The van der Waals surface area contributed by atoms with E-state index >= 15 is 0 Å². The number of aromatic nitrogens is 2. The first-order chi connectivity index (χ1) is 10.8. The molecule has 0 fully saturated rings. The average molecular weight is 310 g/mol. The Balaban J connectivity index is 2.25. The smallest absolute Gasteiger partial charge is 0.274 e. The standard InChI is InChI=1S/C17H30N2O3/c1-2-3-4-5-6-7-8-9-10-16-17(21)19(12-11-18-16)15-22-14-13-20/h11-12,20H,2-10,13-15H2,1H3. The molecule has 0 amide bonds. The van der Waals surface area contributed by atoms with Crippen molar-refractivity contribution in [3.05, 3.63) is 28.4 Å². The Hall–Kier alpha value is -1.20. The van der Waals surface area contributed by atoms with Crippen molar-refractivity contribution in [1.82, 2.24) is 9.55 Å². The second kappa shape index (κ2) is 12.4. The molecule has 1 aromatic heterocycles. The molecule has 22 heavy (non-hydrogen) atoms. The molecule has 126 valence electrons. The third-order valence-corrected chi connectivity index (χ3v) is 3.72. The summed E-state index contributed by atoms with van der Waals surface area (Å²) in [5, 5.41) is 8.68. The second-order valence-corrected chi connectivity index (χ2v) is 5.63. The molecule has 0 aliphatic heterocycles. The summed E-state index contributed by atoms with van der Waals surface area (Å²) in [6.07, 6.45) is 14.0. The lowest BCUT2D eigenvalue weighted by Crippen LogP contribution is -2.26. The van der Waals surface area contributed by atoms with Crippen LogP contribution in [0.5, 0.6) is 0 Å². The molecule has 0 atom stereocenters. The van der Waals surface area contributed by atoms with Gasteiger partial charge in [-0.1, -0.05) is 51.9 Å². The van der Waals surface area contributed by atoms with Gasteiger partial charge < -0.3 is 9.84 Å². The molecule has 0 saturated carbocycles. The van der Waals surface area contributed by atoms with Gasteiger partial charge in [0.15, 0.2) is 0 Å². The maximum Gasteiger partial charge on any atom is 0.274 e. The quantitative estimate of drug-likeness (QED) is 0.569. The fourth-order valence-electron chi connectivity index (χ4n) is 2.42. The highest BCUT2D eigenvalue weighted by atomic mass is 16.5. The van der Waals surface area contributed by atoms with Gasteiger partial charge in [-0.05, 0) is 12.8 Å². The molecule has 5 nitrogen and oxygen atoms in total. The Morgan fingerprint density at radius 3 is 2.50 bits per heavy atom. The normalized spacial score (nSPS) is 11.0. The topological polar surface area (TPSA) is 64.3 Å². The molecule has 0 saturated heterocycles. The number of unbranched alkanes of at least 4 members (excludes halogenated alkanes) is 7. The summed E-state index contributed by atoms with van der Waals surface area (Å²) >= 11 is 0. The molecule has 0 unspecified atom stereocenters. The Bertz CT molecular complexity index is 446. The van der Waals surface area contributed by atoms with Gasteiger partial charge in [0.25, 0.3) is 5.56 Å². The second-order valence-electron chi connectivity index (χ2n) is 5.63. The Morgan fingerprint density at radius 2 is 1.82 bits per heavy atom. The van der Waals surface area contributed by atoms with E-state index in [1.807, 2.05) is 0 Å². The maximum absolute atomic E-state index is 12.2. The fourth-order valence-corrected chi connectivity index (χ4v) is 2.42. The number of aliphatic hydroxyl groups is 1. The predicted molar refractivity (Wildman–Crippen MR) is 87.8 cm³/mol. The molecule has 5 heteroatoms. The van der Waals surface area contributed by atoms with Crippen molar-refractivity contribution in [3.8, 4) is 0 Å². The lowest BCUT2D eigenvalue weighted by atomic mass is 10.1. The highest BCUT2D eigenvalue weighted by Gasteiger charge is 2.04. The largest absolute Gasteiger partial charge is 0.394 e. The summed E-state index contributed by atoms with van der Waals surface area (Å²) in [7, 11) is 0. The van der Waals surface area contributed by atoms with E-state index in [2.05, 4.69) is 11.9 Å². The number of nitrogens with zero attached hydrogens (tertiary/aromatic N) is 2. The first kappa shape index (κ1) is 18.8. The van der Waals surface area contributed by atoms with Crippen LogP contribution in [0.4, 0.5) is 0 Å². The number of hydrogen-bond acceptors (Lipinski definition) is 4. The van der Waals surface area contributed by atoms with E-state index in [9.17, 15) is 4.79 Å². The van der Waals surface area contributed by atoms with E-state index < -0.39 is 0 Å². The molecule has 1 rings (SSSR count). The minimum Gasteiger partial charge on any atom is -0.394 e. The van der Waals surface area contributed by atoms with Gasteiger partial charge >= 0.3 is 0 Å². The van der Waals surface area contributed by atoms with Gasteiger partial charge in [0.1, 0.15) is 12.4 Å². The van der Waals surface area contributed by atoms with E-state index in [1.165, 1.54) is 43.1 Å². The van der Waals surface area contributed by atoms with E-state index in [-0.39, 0.29) is 25.5 Å². The summed E-state index contributed by atoms with van der Waals surface area (Å²) in [4.78, 5) is 16.3. The fraction of sp³-hybridized carbons (Fsp3) is 0.765. The van der Waals surface area contributed by atoms with E-state index in [0.717, 1.165) is 19.3 Å². The Morgan fingerprint density at radius 1 is 1.14 bits per heavy atom. The number of aliphatic hydroxyl groups excluding tert-OH is 1. The SMILES string of the molecule is CCCCCCCCCCc1nccn(COCCO)c1=O. The van der Waals surface area contributed by atoms with Crippen LogP contribution in [0.2, 0.25) is 0 Å². The lowest BCUT2D eigenvalue weighted by Gasteiger charge is -2.07. The number of hydrogen-bond donors (Lipinski definition) is 1. The molecule has 0 spiro atoms. The van der Waals surface area contributed by atoms with E-state index in [0.29, 0.717) is 5.69 Å². The highest BCUT2D eigenvalue weighted by molar-refractivity contribution is 4.97. The van der Waals surface area contributed by atoms with Crippen molar-refractivity contribution in [2.45, 2.75) is 71.4 Å². The van der Waals surface area contributed by atoms with Crippen LogP contribution in [-0.4, -0.2) is 27.9 Å². The van der Waals surface area contributed by atoms with Crippen molar-refractivity contribution >= 4 is 0 Å². The summed E-state index contributed by atoms with van der Waals surface area (Å²) in [6, 6.07) is 0. The lowest BCUT2D eigenvalue weighted by molar-refractivity contribution is 0.0461. The molecule has 0 bridgehead atoms. The van der Waals surface area contributed by atoms with Gasteiger partial charge in [-0.3, -0.25) is 14.3 Å². The minimum absolute atomic E-state index is 0.0368. The highest BCUT2D eigenvalue weighted by Crippen LogP contribution is 2.09. The summed E-state index contributed by atoms with van der Waals surface area (Å²) < 4.78 is 6.68. The van der Waals surface area contributed by atoms with Crippen molar-refractivity contribution in [2.75, 3.05) is 13.2 Å². The summed E-state index contributed by atoms with van der Waals surface area (Å²) in [5.74, 6) is 0. The molecular weight excluding hydrogens is 280 g/mol. The Kier molecular flexibility index (Phi) is 10.6. The molecule has 0 aliphatic carbocycles. The monoisotopic (exact) mass is 310 g/mol. The number of rotatable bonds is 13. The zero-order chi connectivity index (χ0) is 16.0. The van der Waals surface area contributed by atoms with E-state index in [1.54, 1.807) is 12.4 Å². The third kappa shape index (κ3) is 7.71. The van der Waals surface area contributed by atoms with Crippen LogP contribution in [0.25, 0.3) is 0 Å². The van der Waals surface area contributed by atoms with Crippen molar-refractivity contribution in [2.24, 2.45) is 0 Å². The number of aryl methyl sites for hydroxylation is 1. The van der Waals surface area contributed by atoms with Crippen LogP contribution >= 0.6 is 0 Å². The van der Waals surface area contributed by atoms with Gasteiger partial charge in [0.2, 0.25) is 0 Å². The zero-order valence-electron chi connectivity index (χ0n) is 13.8. The van der Waals surface area contributed by atoms with Gasteiger partial charge in [-0.2, -0.15) is 0 Å². The zero-order valence-corrected chi connectivity index (χ0v) is 13.8. The van der Waals surface area contributed by atoms with Crippen LogP contribution in [0.1, 0.15) is 64.0 Å². The summed E-state index contributed by atoms with van der Waals surface area (Å²) in [5.41, 5.74) is 0.532. The van der Waals surface area contributed by atoms with Crippen molar-refractivity contribution in [1.29, 1.82) is 0 Å². The minimum atomic E-state index is -0.0802. The van der Waals surface area contributed by atoms with E-state index in [4.69, 9.17) is 9.84 Å². The molecule has 1 aromatic rings. The van der Waals surface area contributed by atoms with Crippen molar-refractivity contribution in [3.63, 3.8) is 0 Å². The third-order valence-electron chi connectivity index (χ3n) is 3.72. The molecule has 0 aliphatic rings. The van der Waals surface area contributed by atoms with Gasteiger partial charge in [0.05, 0.1) is 13.2 Å². The maximum atomic E-state index is 12.2. The van der Waals surface area contributed by atoms with Crippen LogP contribution in [0, 0.1) is 0 Å². The molecule has 1 N–H and O–H groups in total. The van der Waals surface area contributed by atoms with Crippen LogP contribution in [-0.2, 0) is 17.9 Å².